The maximum absolute atomic E-state index is 12.9. The first-order valence-corrected chi connectivity index (χ1v) is 7.63. The quantitative estimate of drug-likeness (QED) is 0.860. The first-order chi connectivity index (χ1) is 8.27. The normalized spacial score (nSPS) is 13.9. The van der Waals surface area contributed by atoms with Gasteiger partial charge in [0.25, 0.3) is 0 Å². The predicted octanol–water partition coefficient (Wildman–Crippen LogP) is 1.88. The second-order valence-electron chi connectivity index (χ2n) is 4.23. The van der Waals surface area contributed by atoms with Crippen molar-refractivity contribution in [3.05, 3.63) is 28.5 Å². The minimum atomic E-state index is -3.79. The third-order valence-corrected chi connectivity index (χ3v) is 4.96. The van der Waals surface area contributed by atoms with Gasteiger partial charge in [0.2, 0.25) is 10.0 Å². The topological polar surface area (TPSA) is 66.4 Å². The third-order valence-electron chi connectivity index (χ3n) is 2.49. The van der Waals surface area contributed by atoms with Gasteiger partial charge in [-0.3, -0.25) is 0 Å². The van der Waals surface area contributed by atoms with Crippen molar-refractivity contribution in [2.24, 2.45) is 5.92 Å². The highest BCUT2D eigenvalue weighted by molar-refractivity contribution is 9.10. The van der Waals surface area contributed by atoms with E-state index < -0.39 is 21.9 Å². The molecule has 0 bridgehead atoms. The lowest BCUT2D eigenvalue weighted by atomic mass is 10.1. The van der Waals surface area contributed by atoms with Crippen LogP contribution >= 0.6 is 15.9 Å². The maximum atomic E-state index is 12.9. The van der Waals surface area contributed by atoms with Gasteiger partial charge in [-0.05, 0) is 40.0 Å². The minimum Gasteiger partial charge on any atom is -0.395 e. The van der Waals surface area contributed by atoms with Crippen molar-refractivity contribution in [3.63, 3.8) is 0 Å². The summed E-state index contributed by atoms with van der Waals surface area (Å²) in [5, 5.41) is 9.12. The Balaban J connectivity index is 3.06. The van der Waals surface area contributed by atoms with Gasteiger partial charge in [-0.25, -0.2) is 17.5 Å². The number of hydrogen-bond donors (Lipinski definition) is 2. The molecule has 102 valence electrons. The molecule has 0 saturated carbocycles. The fourth-order valence-corrected chi connectivity index (χ4v) is 3.77. The molecule has 1 atom stereocenters. The molecular weight excluding hydrogens is 325 g/mol. The van der Waals surface area contributed by atoms with Gasteiger partial charge in [-0.15, -0.1) is 0 Å². The number of nitrogens with one attached hydrogen (secondary N) is 1. The Bertz CT molecular complexity index is 519. The summed E-state index contributed by atoms with van der Waals surface area (Å²) >= 11 is 3.01. The van der Waals surface area contributed by atoms with Crippen LogP contribution in [0.25, 0.3) is 0 Å². The summed E-state index contributed by atoms with van der Waals surface area (Å²) in [7, 11) is -3.79. The zero-order valence-corrected chi connectivity index (χ0v) is 12.4. The molecule has 0 fully saturated rings. The lowest BCUT2D eigenvalue weighted by molar-refractivity contribution is 0.227. The molecule has 0 aliphatic heterocycles. The number of aliphatic hydroxyl groups excluding tert-OH is 1. The Labute approximate surface area is 114 Å². The van der Waals surface area contributed by atoms with Crippen LogP contribution in [0.5, 0.6) is 0 Å². The van der Waals surface area contributed by atoms with Crippen LogP contribution in [0.1, 0.15) is 13.8 Å². The Kier molecular flexibility index (Phi) is 5.27. The Morgan fingerprint density at radius 2 is 2.06 bits per heavy atom. The molecule has 7 heteroatoms. The predicted molar refractivity (Wildman–Crippen MR) is 70.1 cm³/mol. The number of aliphatic hydroxyl groups is 1. The number of sulfonamides is 1. The van der Waals surface area contributed by atoms with Gasteiger partial charge in [-0.2, -0.15) is 0 Å². The van der Waals surface area contributed by atoms with Crippen LogP contribution in [0.3, 0.4) is 0 Å². The molecule has 0 amide bonds. The van der Waals surface area contributed by atoms with E-state index in [2.05, 4.69) is 20.7 Å². The van der Waals surface area contributed by atoms with E-state index in [1.807, 2.05) is 0 Å². The zero-order chi connectivity index (χ0) is 13.9. The summed E-state index contributed by atoms with van der Waals surface area (Å²) in [6.07, 6.45) is 0. The van der Waals surface area contributed by atoms with Gasteiger partial charge in [0, 0.05) is 10.5 Å². The molecule has 0 aliphatic rings. The molecule has 1 rings (SSSR count). The van der Waals surface area contributed by atoms with E-state index in [0.29, 0.717) is 0 Å². The third kappa shape index (κ3) is 3.74. The fraction of sp³-hybridized carbons (Fsp3) is 0.455. The van der Waals surface area contributed by atoms with Crippen molar-refractivity contribution in [2.75, 3.05) is 6.61 Å². The number of benzene rings is 1. The number of halogens is 2. The number of hydrogen-bond acceptors (Lipinski definition) is 3. The van der Waals surface area contributed by atoms with Crippen molar-refractivity contribution < 1.29 is 17.9 Å². The summed E-state index contributed by atoms with van der Waals surface area (Å²) < 4.78 is 39.6. The first kappa shape index (κ1) is 15.6. The molecule has 4 nitrogen and oxygen atoms in total. The zero-order valence-electron chi connectivity index (χ0n) is 10.0. The molecular formula is C11H15BrFNO3S. The van der Waals surface area contributed by atoms with Gasteiger partial charge in [0.05, 0.1) is 11.5 Å². The molecule has 0 saturated heterocycles. The average molecular weight is 340 g/mol. The van der Waals surface area contributed by atoms with Gasteiger partial charge in [0.15, 0.2) is 0 Å². The maximum Gasteiger partial charge on any atom is 0.242 e. The van der Waals surface area contributed by atoms with Gasteiger partial charge in [0.1, 0.15) is 5.82 Å². The molecule has 0 heterocycles. The van der Waals surface area contributed by atoms with Crippen LogP contribution < -0.4 is 4.72 Å². The molecule has 1 aromatic carbocycles. The van der Waals surface area contributed by atoms with Crippen LogP contribution in [-0.2, 0) is 10.0 Å². The van der Waals surface area contributed by atoms with Gasteiger partial charge < -0.3 is 5.11 Å². The van der Waals surface area contributed by atoms with Gasteiger partial charge >= 0.3 is 0 Å². The molecule has 0 spiro atoms. The molecule has 18 heavy (non-hydrogen) atoms. The summed E-state index contributed by atoms with van der Waals surface area (Å²) in [5.41, 5.74) is 0. The van der Waals surface area contributed by atoms with Gasteiger partial charge in [-0.1, -0.05) is 13.8 Å². The van der Waals surface area contributed by atoms with Crippen LogP contribution in [0.4, 0.5) is 4.39 Å². The summed E-state index contributed by atoms with van der Waals surface area (Å²) in [6, 6.07) is 2.75. The summed E-state index contributed by atoms with van der Waals surface area (Å²) in [4.78, 5) is -0.0528. The van der Waals surface area contributed by atoms with Crippen molar-refractivity contribution in [3.8, 4) is 0 Å². The molecule has 0 radical (unpaired) electrons. The van der Waals surface area contributed by atoms with E-state index in [1.54, 1.807) is 13.8 Å². The molecule has 0 aliphatic carbocycles. The van der Waals surface area contributed by atoms with E-state index in [0.717, 1.165) is 12.1 Å². The summed E-state index contributed by atoms with van der Waals surface area (Å²) in [5.74, 6) is -0.576. The number of rotatable bonds is 5. The highest BCUT2D eigenvalue weighted by atomic mass is 79.9. The van der Waals surface area contributed by atoms with E-state index >= 15 is 0 Å². The Hall–Kier alpha value is -0.500. The van der Waals surface area contributed by atoms with Crippen molar-refractivity contribution in [2.45, 2.75) is 24.8 Å². The molecule has 1 unspecified atom stereocenters. The second-order valence-corrected chi connectivity index (χ2v) is 6.77. The smallest absolute Gasteiger partial charge is 0.242 e. The standard InChI is InChI=1S/C11H15BrFNO3S/c1-7(2)10(6-15)14-18(16,17)11-4-3-8(13)5-9(11)12/h3-5,7,10,14-15H,6H2,1-2H3. The monoisotopic (exact) mass is 339 g/mol. The highest BCUT2D eigenvalue weighted by Gasteiger charge is 2.23. The van der Waals surface area contributed by atoms with E-state index in [-0.39, 0.29) is 21.9 Å². The van der Waals surface area contributed by atoms with E-state index in [4.69, 9.17) is 5.11 Å². The second kappa shape index (κ2) is 6.10. The van der Waals surface area contributed by atoms with Crippen molar-refractivity contribution in [1.29, 1.82) is 0 Å². The highest BCUT2D eigenvalue weighted by Crippen LogP contribution is 2.23. The van der Waals surface area contributed by atoms with Crippen molar-refractivity contribution >= 4 is 26.0 Å². The minimum absolute atomic E-state index is 0.0519. The Morgan fingerprint density at radius 1 is 1.44 bits per heavy atom. The SMILES string of the molecule is CC(C)C(CO)NS(=O)(=O)c1ccc(F)cc1Br. The van der Waals surface area contributed by atoms with Crippen LogP contribution in [0.15, 0.2) is 27.6 Å². The van der Waals surface area contributed by atoms with Crippen LogP contribution in [-0.4, -0.2) is 26.2 Å². The van der Waals surface area contributed by atoms with Crippen LogP contribution in [0.2, 0.25) is 0 Å². The van der Waals surface area contributed by atoms with Crippen LogP contribution in [0, 0.1) is 11.7 Å². The van der Waals surface area contributed by atoms with E-state index in [1.165, 1.54) is 6.07 Å². The van der Waals surface area contributed by atoms with Crippen molar-refractivity contribution in [1.82, 2.24) is 4.72 Å². The average Bonchev–Trinajstić information content (AvgIpc) is 2.24. The largest absolute Gasteiger partial charge is 0.395 e. The lowest BCUT2D eigenvalue weighted by Crippen LogP contribution is -2.41. The van der Waals surface area contributed by atoms with E-state index in [9.17, 15) is 12.8 Å². The fourth-order valence-electron chi connectivity index (χ4n) is 1.34. The first-order valence-electron chi connectivity index (χ1n) is 5.36. The molecule has 1 aromatic rings. The summed E-state index contributed by atoms with van der Waals surface area (Å²) in [6.45, 7) is 3.29. The molecule has 0 aromatic heterocycles. The molecule has 2 N–H and O–H groups in total. The Morgan fingerprint density at radius 3 is 2.50 bits per heavy atom. The lowest BCUT2D eigenvalue weighted by Gasteiger charge is -2.20.